The van der Waals surface area contributed by atoms with E-state index in [1.54, 1.807) is 26.2 Å². The summed E-state index contributed by atoms with van der Waals surface area (Å²) in [4.78, 5) is 28.9. The van der Waals surface area contributed by atoms with Gasteiger partial charge in [0.05, 0.1) is 17.0 Å². The Labute approximate surface area is 116 Å². The first-order chi connectivity index (χ1) is 9.50. The first kappa shape index (κ1) is 14.0. The molecule has 1 heterocycles. The smallest absolute Gasteiger partial charge is 0.308 e. The van der Waals surface area contributed by atoms with Crippen molar-refractivity contribution in [2.75, 3.05) is 13.6 Å². The van der Waals surface area contributed by atoms with Crippen molar-refractivity contribution in [3.63, 3.8) is 0 Å². The molecule has 0 fully saturated rings. The van der Waals surface area contributed by atoms with Crippen LogP contribution in [0.3, 0.4) is 0 Å². The number of carbonyl (C=O) groups excluding carboxylic acids is 1. The van der Waals surface area contributed by atoms with Crippen molar-refractivity contribution in [1.82, 2.24) is 9.88 Å². The van der Waals surface area contributed by atoms with Gasteiger partial charge in [-0.2, -0.15) is 0 Å². The Kier molecular flexibility index (Phi) is 3.98. The average Bonchev–Trinajstić information content (AvgIpc) is 2.45. The second-order valence-corrected chi connectivity index (χ2v) is 4.80. The van der Waals surface area contributed by atoms with Crippen LogP contribution >= 0.6 is 0 Å². The molecule has 0 saturated carbocycles. The van der Waals surface area contributed by atoms with Crippen LogP contribution in [0.25, 0.3) is 10.9 Å². The third-order valence-electron chi connectivity index (χ3n) is 3.20. The number of fused-ring (bicyclic) bond motifs is 1. The maximum absolute atomic E-state index is 12.4. The summed E-state index contributed by atoms with van der Waals surface area (Å²) in [7, 11) is 1.61. The lowest BCUT2D eigenvalue weighted by Gasteiger charge is -2.20. The molecule has 5 heteroatoms. The van der Waals surface area contributed by atoms with Crippen molar-refractivity contribution in [3.8, 4) is 0 Å². The van der Waals surface area contributed by atoms with Crippen molar-refractivity contribution >= 4 is 22.8 Å². The van der Waals surface area contributed by atoms with Gasteiger partial charge in [-0.3, -0.25) is 14.6 Å². The standard InChI is InChI=1S/C15H16N2O3/c1-10(15(19)20)9-17(2)14(18)12-7-8-16-13-6-4-3-5-11(12)13/h3-8,10H,9H2,1-2H3,(H,19,20). The fraction of sp³-hybridized carbons (Fsp3) is 0.267. The molecule has 5 nitrogen and oxygen atoms in total. The number of hydrogen-bond donors (Lipinski definition) is 1. The Hall–Kier alpha value is -2.43. The average molecular weight is 272 g/mol. The normalized spacial score (nSPS) is 12.1. The lowest BCUT2D eigenvalue weighted by atomic mass is 10.1. The van der Waals surface area contributed by atoms with E-state index in [1.807, 2.05) is 24.3 Å². The number of benzene rings is 1. The van der Waals surface area contributed by atoms with Gasteiger partial charge >= 0.3 is 5.97 Å². The first-order valence-corrected chi connectivity index (χ1v) is 6.32. The van der Waals surface area contributed by atoms with Crippen molar-refractivity contribution in [3.05, 3.63) is 42.1 Å². The van der Waals surface area contributed by atoms with Gasteiger partial charge in [-0.1, -0.05) is 25.1 Å². The van der Waals surface area contributed by atoms with E-state index < -0.39 is 11.9 Å². The van der Waals surface area contributed by atoms with E-state index in [4.69, 9.17) is 5.11 Å². The molecule has 1 N–H and O–H groups in total. The third-order valence-corrected chi connectivity index (χ3v) is 3.20. The highest BCUT2D eigenvalue weighted by molar-refractivity contribution is 6.05. The molecule has 1 unspecified atom stereocenters. The zero-order valence-corrected chi connectivity index (χ0v) is 11.4. The Bertz CT molecular complexity index is 649. The molecular weight excluding hydrogens is 256 g/mol. The molecule has 1 aromatic heterocycles. The Morgan fingerprint density at radius 3 is 2.70 bits per heavy atom. The Morgan fingerprint density at radius 2 is 2.00 bits per heavy atom. The van der Waals surface area contributed by atoms with Crippen LogP contribution < -0.4 is 0 Å². The number of carboxylic acids is 1. The zero-order chi connectivity index (χ0) is 14.7. The molecule has 0 spiro atoms. The molecule has 0 aliphatic heterocycles. The summed E-state index contributed by atoms with van der Waals surface area (Å²) in [6.45, 7) is 1.75. The number of amides is 1. The highest BCUT2D eigenvalue weighted by Gasteiger charge is 2.19. The van der Waals surface area contributed by atoms with Gasteiger partial charge in [0.2, 0.25) is 0 Å². The van der Waals surface area contributed by atoms with E-state index in [0.717, 1.165) is 10.9 Å². The number of para-hydroxylation sites is 1. The van der Waals surface area contributed by atoms with E-state index in [1.165, 1.54) is 4.90 Å². The number of hydrogen-bond acceptors (Lipinski definition) is 3. The highest BCUT2D eigenvalue weighted by Crippen LogP contribution is 2.18. The molecule has 0 radical (unpaired) electrons. The first-order valence-electron chi connectivity index (χ1n) is 6.32. The molecule has 0 saturated heterocycles. The second kappa shape index (κ2) is 5.69. The van der Waals surface area contributed by atoms with Crippen LogP contribution in [0.5, 0.6) is 0 Å². The van der Waals surface area contributed by atoms with E-state index in [-0.39, 0.29) is 12.5 Å². The monoisotopic (exact) mass is 272 g/mol. The molecular formula is C15H16N2O3. The van der Waals surface area contributed by atoms with Gasteiger partial charge < -0.3 is 10.0 Å². The van der Waals surface area contributed by atoms with Crippen molar-refractivity contribution in [2.45, 2.75) is 6.92 Å². The fourth-order valence-corrected chi connectivity index (χ4v) is 2.06. The number of carboxylic acid groups (broad SMARTS) is 1. The van der Waals surface area contributed by atoms with Gasteiger partial charge in [0, 0.05) is 25.2 Å². The van der Waals surface area contributed by atoms with E-state index in [9.17, 15) is 9.59 Å². The minimum atomic E-state index is -0.913. The lowest BCUT2D eigenvalue weighted by molar-refractivity contribution is -0.141. The molecule has 1 amide bonds. The SMILES string of the molecule is CC(CN(C)C(=O)c1ccnc2ccccc12)C(=O)O. The van der Waals surface area contributed by atoms with Gasteiger partial charge in [-0.15, -0.1) is 0 Å². The molecule has 0 bridgehead atoms. The van der Waals surface area contributed by atoms with Crippen LogP contribution in [0, 0.1) is 5.92 Å². The summed E-state index contributed by atoms with van der Waals surface area (Å²) >= 11 is 0. The van der Waals surface area contributed by atoms with Gasteiger partial charge in [0.25, 0.3) is 5.91 Å². The summed E-state index contributed by atoms with van der Waals surface area (Å²) in [5.74, 6) is -1.71. The molecule has 20 heavy (non-hydrogen) atoms. The zero-order valence-electron chi connectivity index (χ0n) is 11.4. The number of aromatic nitrogens is 1. The maximum Gasteiger partial charge on any atom is 0.308 e. The number of nitrogens with zero attached hydrogens (tertiary/aromatic N) is 2. The Balaban J connectivity index is 2.29. The fourth-order valence-electron chi connectivity index (χ4n) is 2.06. The molecule has 0 aliphatic rings. The van der Waals surface area contributed by atoms with E-state index in [2.05, 4.69) is 4.98 Å². The van der Waals surface area contributed by atoms with Crippen LogP contribution in [0.2, 0.25) is 0 Å². The van der Waals surface area contributed by atoms with Crippen LogP contribution in [-0.4, -0.2) is 40.5 Å². The van der Waals surface area contributed by atoms with Crippen LogP contribution in [0.1, 0.15) is 17.3 Å². The van der Waals surface area contributed by atoms with Gasteiger partial charge in [-0.05, 0) is 12.1 Å². The number of pyridine rings is 1. The summed E-state index contributed by atoms with van der Waals surface area (Å²) < 4.78 is 0. The van der Waals surface area contributed by atoms with Gasteiger partial charge in [-0.25, -0.2) is 0 Å². The summed E-state index contributed by atoms with van der Waals surface area (Å²) in [5.41, 5.74) is 1.29. The number of aliphatic carboxylic acids is 1. The lowest BCUT2D eigenvalue weighted by Crippen LogP contribution is -2.33. The van der Waals surface area contributed by atoms with Crippen LogP contribution in [-0.2, 0) is 4.79 Å². The van der Waals surface area contributed by atoms with E-state index >= 15 is 0 Å². The topological polar surface area (TPSA) is 70.5 Å². The summed E-state index contributed by atoms with van der Waals surface area (Å²) in [6, 6.07) is 9.04. The maximum atomic E-state index is 12.4. The number of rotatable bonds is 4. The molecule has 1 atom stereocenters. The second-order valence-electron chi connectivity index (χ2n) is 4.80. The predicted octanol–water partition coefficient (Wildman–Crippen LogP) is 2.03. The quantitative estimate of drug-likeness (QED) is 0.924. The number of carbonyl (C=O) groups is 2. The summed E-state index contributed by atoms with van der Waals surface area (Å²) in [5, 5.41) is 9.68. The molecule has 1 aromatic carbocycles. The minimum absolute atomic E-state index is 0.171. The molecule has 2 aromatic rings. The molecule has 2 rings (SSSR count). The van der Waals surface area contributed by atoms with Crippen LogP contribution in [0.15, 0.2) is 36.5 Å². The predicted molar refractivity (Wildman–Crippen MR) is 75.5 cm³/mol. The van der Waals surface area contributed by atoms with Gasteiger partial charge in [0.15, 0.2) is 0 Å². The third kappa shape index (κ3) is 2.77. The molecule has 104 valence electrons. The highest BCUT2D eigenvalue weighted by atomic mass is 16.4. The van der Waals surface area contributed by atoms with E-state index in [0.29, 0.717) is 5.56 Å². The summed E-state index contributed by atoms with van der Waals surface area (Å²) in [6.07, 6.45) is 1.59. The van der Waals surface area contributed by atoms with Crippen LogP contribution in [0.4, 0.5) is 0 Å². The molecule has 0 aliphatic carbocycles. The largest absolute Gasteiger partial charge is 0.481 e. The van der Waals surface area contributed by atoms with Crippen molar-refractivity contribution in [1.29, 1.82) is 0 Å². The van der Waals surface area contributed by atoms with Gasteiger partial charge in [0.1, 0.15) is 0 Å². The van der Waals surface area contributed by atoms with Crippen molar-refractivity contribution in [2.24, 2.45) is 5.92 Å². The minimum Gasteiger partial charge on any atom is -0.481 e. The van der Waals surface area contributed by atoms with Crippen molar-refractivity contribution < 1.29 is 14.7 Å². The Morgan fingerprint density at radius 1 is 1.30 bits per heavy atom.